The van der Waals surface area contributed by atoms with Crippen LogP contribution < -0.4 is 11.5 Å². The molecule has 0 aliphatic rings. The van der Waals surface area contributed by atoms with Crippen LogP contribution in [0.5, 0.6) is 0 Å². The molecule has 0 fully saturated rings. The Kier molecular flexibility index (Phi) is 5.02. The Balaban J connectivity index is 3.20. The number of nitrogens with two attached hydrogens (primary N) is 2. The molecule has 0 aliphatic carbocycles. The molecule has 2 unspecified atom stereocenters. The van der Waals surface area contributed by atoms with Crippen LogP contribution in [-0.4, -0.2) is 0 Å². The van der Waals surface area contributed by atoms with E-state index < -0.39 is 0 Å². The summed E-state index contributed by atoms with van der Waals surface area (Å²) >= 11 is 0. The normalized spacial score (nSPS) is 15.3. The molecule has 0 amide bonds. The summed E-state index contributed by atoms with van der Waals surface area (Å²) in [7, 11) is 0. The van der Waals surface area contributed by atoms with Crippen LogP contribution in [0.1, 0.15) is 50.7 Å². The molecule has 4 N–H and O–H groups in total. The Morgan fingerprint density at radius 2 is 1.17 bits per heavy atom. The number of rotatable bonds is 4. The lowest BCUT2D eigenvalue weighted by molar-refractivity contribution is 0.944. The summed E-state index contributed by atoms with van der Waals surface area (Å²) in [6.45, 7) is 8.28. The first-order chi connectivity index (χ1) is 8.52. The average Bonchev–Trinajstić information content (AvgIpc) is 2.33. The standard InChI is InChI=1S/C16H24N2/c1-5-7-11(3)13-9-10-14(12(4)8-6-2)16(18)15(13)17/h5-12H,17-18H2,1-4H3. The van der Waals surface area contributed by atoms with Crippen molar-refractivity contribution in [2.75, 3.05) is 11.5 Å². The molecule has 1 rings (SSSR count). The topological polar surface area (TPSA) is 52.0 Å². The predicted octanol–water partition coefficient (Wildman–Crippen LogP) is 4.21. The van der Waals surface area contributed by atoms with Crippen LogP contribution in [-0.2, 0) is 0 Å². The van der Waals surface area contributed by atoms with Crippen molar-refractivity contribution in [3.63, 3.8) is 0 Å². The first-order valence-corrected chi connectivity index (χ1v) is 6.46. The van der Waals surface area contributed by atoms with Crippen LogP contribution in [0.15, 0.2) is 36.4 Å². The largest absolute Gasteiger partial charge is 0.397 e. The fourth-order valence-corrected chi connectivity index (χ4v) is 2.25. The van der Waals surface area contributed by atoms with Gasteiger partial charge in [0.05, 0.1) is 11.4 Å². The van der Waals surface area contributed by atoms with E-state index in [0.29, 0.717) is 11.8 Å². The Morgan fingerprint density at radius 1 is 0.833 bits per heavy atom. The van der Waals surface area contributed by atoms with Crippen molar-refractivity contribution in [2.45, 2.75) is 39.5 Å². The maximum atomic E-state index is 6.17. The summed E-state index contributed by atoms with van der Waals surface area (Å²) in [6.07, 6.45) is 8.33. The minimum absolute atomic E-state index is 0.295. The Hall–Kier alpha value is -1.70. The molecular formula is C16H24N2. The van der Waals surface area contributed by atoms with Crippen molar-refractivity contribution in [2.24, 2.45) is 0 Å². The maximum absolute atomic E-state index is 6.17. The Bertz CT molecular complexity index is 415. The second kappa shape index (κ2) is 6.29. The monoisotopic (exact) mass is 244 g/mol. The summed E-state index contributed by atoms with van der Waals surface area (Å²) in [5.74, 6) is 0.590. The highest BCUT2D eigenvalue weighted by Gasteiger charge is 2.14. The lowest BCUT2D eigenvalue weighted by Gasteiger charge is -2.18. The van der Waals surface area contributed by atoms with Gasteiger partial charge in [-0.25, -0.2) is 0 Å². The summed E-state index contributed by atoms with van der Waals surface area (Å²) in [5, 5.41) is 0. The molecule has 0 heterocycles. The van der Waals surface area contributed by atoms with Crippen molar-refractivity contribution >= 4 is 11.4 Å². The molecule has 0 radical (unpaired) electrons. The van der Waals surface area contributed by atoms with E-state index in [1.165, 1.54) is 0 Å². The first kappa shape index (κ1) is 14.4. The van der Waals surface area contributed by atoms with Gasteiger partial charge in [-0.15, -0.1) is 0 Å². The zero-order chi connectivity index (χ0) is 13.7. The quantitative estimate of drug-likeness (QED) is 0.615. The molecular weight excluding hydrogens is 220 g/mol. The van der Waals surface area contributed by atoms with Crippen LogP contribution >= 0.6 is 0 Å². The van der Waals surface area contributed by atoms with Crippen LogP contribution in [0.3, 0.4) is 0 Å². The number of anilines is 2. The molecule has 18 heavy (non-hydrogen) atoms. The maximum Gasteiger partial charge on any atom is 0.0589 e. The molecule has 0 bridgehead atoms. The second-order valence-corrected chi connectivity index (χ2v) is 4.70. The summed E-state index contributed by atoms with van der Waals surface area (Å²) < 4.78 is 0. The lowest BCUT2D eigenvalue weighted by Crippen LogP contribution is -2.06. The van der Waals surface area contributed by atoms with Crippen LogP contribution in [0.25, 0.3) is 0 Å². The summed E-state index contributed by atoms with van der Waals surface area (Å²) in [6, 6.07) is 4.18. The van der Waals surface area contributed by atoms with Gasteiger partial charge in [0.25, 0.3) is 0 Å². The van der Waals surface area contributed by atoms with Gasteiger partial charge in [-0.1, -0.05) is 50.3 Å². The molecule has 1 aromatic rings. The van der Waals surface area contributed by atoms with Gasteiger partial charge in [-0.3, -0.25) is 0 Å². The second-order valence-electron chi connectivity index (χ2n) is 4.70. The number of hydrogen-bond acceptors (Lipinski definition) is 2. The molecule has 0 aromatic heterocycles. The van der Waals surface area contributed by atoms with E-state index >= 15 is 0 Å². The molecule has 0 aliphatic heterocycles. The van der Waals surface area contributed by atoms with Gasteiger partial charge in [0.2, 0.25) is 0 Å². The van der Waals surface area contributed by atoms with E-state index in [1.54, 1.807) is 0 Å². The van der Waals surface area contributed by atoms with Crippen molar-refractivity contribution < 1.29 is 0 Å². The zero-order valence-corrected chi connectivity index (χ0v) is 11.8. The minimum Gasteiger partial charge on any atom is -0.397 e. The fourth-order valence-electron chi connectivity index (χ4n) is 2.25. The van der Waals surface area contributed by atoms with E-state index in [-0.39, 0.29) is 0 Å². The number of benzene rings is 1. The molecule has 0 spiro atoms. The van der Waals surface area contributed by atoms with Crippen molar-refractivity contribution in [3.05, 3.63) is 47.6 Å². The molecule has 2 heteroatoms. The smallest absolute Gasteiger partial charge is 0.0589 e. The molecule has 2 nitrogen and oxygen atoms in total. The van der Waals surface area contributed by atoms with Gasteiger partial charge >= 0.3 is 0 Å². The first-order valence-electron chi connectivity index (χ1n) is 6.46. The highest BCUT2D eigenvalue weighted by atomic mass is 14.7. The average molecular weight is 244 g/mol. The predicted molar refractivity (Wildman–Crippen MR) is 81.7 cm³/mol. The van der Waals surface area contributed by atoms with Gasteiger partial charge < -0.3 is 11.5 Å². The van der Waals surface area contributed by atoms with Crippen LogP contribution in [0, 0.1) is 0 Å². The van der Waals surface area contributed by atoms with E-state index in [1.807, 2.05) is 26.0 Å². The summed E-state index contributed by atoms with van der Waals surface area (Å²) in [4.78, 5) is 0. The highest BCUT2D eigenvalue weighted by Crippen LogP contribution is 2.34. The van der Waals surface area contributed by atoms with Gasteiger partial charge in [0.1, 0.15) is 0 Å². The molecule has 2 atom stereocenters. The molecule has 98 valence electrons. The third-order valence-electron chi connectivity index (χ3n) is 3.30. The zero-order valence-electron chi connectivity index (χ0n) is 11.8. The van der Waals surface area contributed by atoms with Crippen molar-refractivity contribution in [3.8, 4) is 0 Å². The van der Waals surface area contributed by atoms with Gasteiger partial charge in [-0.05, 0) is 25.0 Å². The van der Waals surface area contributed by atoms with E-state index in [2.05, 4.69) is 38.1 Å². The van der Waals surface area contributed by atoms with Gasteiger partial charge in [-0.2, -0.15) is 0 Å². The highest BCUT2D eigenvalue weighted by molar-refractivity contribution is 5.73. The van der Waals surface area contributed by atoms with Gasteiger partial charge in [0.15, 0.2) is 0 Å². The van der Waals surface area contributed by atoms with E-state index in [4.69, 9.17) is 11.5 Å². The number of nitrogen functional groups attached to an aromatic ring is 2. The van der Waals surface area contributed by atoms with Crippen molar-refractivity contribution in [1.82, 2.24) is 0 Å². The minimum atomic E-state index is 0.295. The third-order valence-corrected chi connectivity index (χ3v) is 3.30. The molecule has 0 saturated carbocycles. The SMILES string of the molecule is CC=CC(C)c1ccc(C(C)C=CC)c(N)c1N. The van der Waals surface area contributed by atoms with E-state index in [0.717, 1.165) is 22.5 Å². The van der Waals surface area contributed by atoms with E-state index in [9.17, 15) is 0 Å². The molecule has 0 saturated heterocycles. The number of allylic oxidation sites excluding steroid dienone is 4. The van der Waals surface area contributed by atoms with Crippen LogP contribution in [0.4, 0.5) is 11.4 Å². The van der Waals surface area contributed by atoms with Gasteiger partial charge in [0, 0.05) is 11.8 Å². The van der Waals surface area contributed by atoms with Crippen LogP contribution in [0.2, 0.25) is 0 Å². The summed E-state index contributed by atoms with van der Waals surface area (Å²) in [5.41, 5.74) is 16.0. The lowest BCUT2D eigenvalue weighted by atomic mass is 9.91. The van der Waals surface area contributed by atoms with Crippen molar-refractivity contribution in [1.29, 1.82) is 0 Å². The fraction of sp³-hybridized carbons (Fsp3) is 0.375. The Morgan fingerprint density at radius 3 is 1.44 bits per heavy atom. The number of hydrogen-bond donors (Lipinski definition) is 2. The molecule has 1 aromatic carbocycles. The Labute approximate surface area is 110 Å². The third kappa shape index (κ3) is 2.95.